The zero-order valence-corrected chi connectivity index (χ0v) is 17.4. The van der Waals surface area contributed by atoms with Crippen LogP contribution in [0.15, 0.2) is 66.7 Å². The SMILES string of the molecule is O=C(c1ccc2c(c1)CCO2)N(CCc1ccccc1)Cc1ccc2c(c1)OCCO2. The summed E-state index contributed by atoms with van der Waals surface area (Å²) in [5.41, 5.74) is 4.04. The van der Waals surface area contributed by atoms with E-state index in [4.69, 9.17) is 14.2 Å². The quantitative estimate of drug-likeness (QED) is 0.603. The molecule has 0 fully saturated rings. The second kappa shape index (κ2) is 8.72. The van der Waals surface area contributed by atoms with E-state index in [1.807, 2.05) is 59.5 Å². The highest BCUT2D eigenvalue weighted by Crippen LogP contribution is 2.31. The Labute approximate surface area is 182 Å². The van der Waals surface area contributed by atoms with Crippen molar-refractivity contribution < 1.29 is 19.0 Å². The van der Waals surface area contributed by atoms with Gasteiger partial charge in [0.2, 0.25) is 0 Å². The Morgan fingerprint density at radius 2 is 1.55 bits per heavy atom. The number of hydrogen-bond donors (Lipinski definition) is 0. The second-order valence-electron chi connectivity index (χ2n) is 7.86. The lowest BCUT2D eigenvalue weighted by Crippen LogP contribution is -2.32. The Morgan fingerprint density at radius 3 is 2.42 bits per heavy atom. The zero-order valence-electron chi connectivity index (χ0n) is 17.4. The topological polar surface area (TPSA) is 48.0 Å². The molecule has 5 heteroatoms. The van der Waals surface area contributed by atoms with E-state index >= 15 is 0 Å². The van der Waals surface area contributed by atoms with Gasteiger partial charge in [-0.3, -0.25) is 4.79 Å². The molecule has 0 spiro atoms. The van der Waals surface area contributed by atoms with Crippen molar-refractivity contribution in [3.8, 4) is 17.2 Å². The third-order valence-corrected chi connectivity index (χ3v) is 5.72. The molecule has 1 amide bonds. The van der Waals surface area contributed by atoms with Gasteiger partial charge in [0.15, 0.2) is 11.5 Å². The van der Waals surface area contributed by atoms with E-state index in [1.165, 1.54) is 5.56 Å². The van der Waals surface area contributed by atoms with Gasteiger partial charge < -0.3 is 19.1 Å². The highest BCUT2D eigenvalue weighted by molar-refractivity contribution is 5.94. The van der Waals surface area contributed by atoms with Gasteiger partial charge in [-0.2, -0.15) is 0 Å². The fourth-order valence-electron chi connectivity index (χ4n) is 4.07. The maximum Gasteiger partial charge on any atom is 0.254 e. The summed E-state index contributed by atoms with van der Waals surface area (Å²) in [4.78, 5) is 15.4. The van der Waals surface area contributed by atoms with E-state index in [1.54, 1.807) is 0 Å². The lowest BCUT2D eigenvalue weighted by atomic mass is 10.1. The molecule has 0 atom stereocenters. The van der Waals surface area contributed by atoms with E-state index < -0.39 is 0 Å². The highest BCUT2D eigenvalue weighted by Gasteiger charge is 2.21. The molecular weight excluding hydrogens is 390 g/mol. The Kier molecular flexibility index (Phi) is 5.48. The first-order chi connectivity index (χ1) is 15.3. The van der Waals surface area contributed by atoms with Crippen molar-refractivity contribution in [2.24, 2.45) is 0 Å². The summed E-state index contributed by atoms with van der Waals surface area (Å²) in [6.45, 7) is 2.93. The van der Waals surface area contributed by atoms with Crippen LogP contribution in [0.3, 0.4) is 0 Å². The van der Waals surface area contributed by atoms with Gasteiger partial charge in [-0.25, -0.2) is 0 Å². The lowest BCUT2D eigenvalue weighted by molar-refractivity contribution is 0.0744. The molecule has 158 valence electrons. The van der Waals surface area contributed by atoms with Gasteiger partial charge in [-0.15, -0.1) is 0 Å². The van der Waals surface area contributed by atoms with Crippen molar-refractivity contribution in [3.05, 3.63) is 89.0 Å². The van der Waals surface area contributed by atoms with Crippen LogP contribution in [0.5, 0.6) is 17.2 Å². The molecule has 5 rings (SSSR count). The molecule has 0 aromatic heterocycles. The Morgan fingerprint density at radius 1 is 0.774 bits per heavy atom. The van der Waals surface area contributed by atoms with Gasteiger partial charge >= 0.3 is 0 Å². The Balaban J connectivity index is 1.39. The monoisotopic (exact) mass is 415 g/mol. The van der Waals surface area contributed by atoms with Gasteiger partial charge in [0.1, 0.15) is 19.0 Å². The number of fused-ring (bicyclic) bond motifs is 2. The predicted molar refractivity (Wildman–Crippen MR) is 118 cm³/mol. The molecule has 0 N–H and O–H groups in total. The summed E-state index contributed by atoms with van der Waals surface area (Å²) >= 11 is 0. The second-order valence-corrected chi connectivity index (χ2v) is 7.86. The van der Waals surface area contributed by atoms with Crippen molar-refractivity contribution in [2.45, 2.75) is 19.4 Å². The van der Waals surface area contributed by atoms with Crippen molar-refractivity contribution in [1.82, 2.24) is 4.90 Å². The molecule has 0 bridgehead atoms. The molecule has 0 radical (unpaired) electrons. The van der Waals surface area contributed by atoms with Gasteiger partial charge in [0.05, 0.1) is 6.61 Å². The largest absolute Gasteiger partial charge is 0.493 e. The number of hydrogen-bond acceptors (Lipinski definition) is 4. The minimum Gasteiger partial charge on any atom is -0.493 e. The highest BCUT2D eigenvalue weighted by atomic mass is 16.6. The molecule has 5 nitrogen and oxygen atoms in total. The minimum absolute atomic E-state index is 0.0283. The fraction of sp³-hybridized carbons (Fsp3) is 0.269. The number of carbonyl (C=O) groups excluding carboxylic acids is 1. The average molecular weight is 415 g/mol. The lowest BCUT2D eigenvalue weighted by Gasteiger charge is -2.25. The summed E-state index contributed by atoms with van der Waals surface area (Å²) in [6.07, 6.45) is 1.65. The summed E-state index contributed by atoms with van der Waals surface area (Å²) in [5.74, 6) is 2.42. The van der Waals surface area contributed by atoms with Crippen molar-refractivity contribution in [2.75, 3.05) is 26.4 Å². The first-order valence-electron chi connectivity index (χ1n) is 10.7. The summed E-state index contributed by atoms with van der Waals surface area (Å²) in [6, 6.07) is 21.9. The Bertz CT molecular complexity index is 1080. The molecule has 0 aliphatic carbocycles. The Hall–Kier alpha value is -3.47. The predicted octanol–water partition coefficient (Wildman–Crippen LogP) is 4.28. The van der Waals surface area contributed by atoms with E-state index in [0.717, 1.165) is 41.2 Å². The van der Waals surface area contributed by atoms with Gasteiger partial charge in [-0.05, 0) is 53.4 Å². The number of rotatable bonds is 6. The van der Waals surface area contributed by atoms with Crippen LogP contribution in [-0.2, 0) is 19.4 Å². The molecule has 0 unspecified atom stereocenters. The van der Waals surface area contributed by atoms with Gasteiger partial charge in [-0.1, -0.05) is 36.4 Å². The summed E-state index contributed by atoms with van der Waals surface area (Å²) < 4.78 is 17.0. The van der Waals surface area contributed by atoms with E-state index in [2.05, 4.69) is 12.1 Å². The smallest absolute Gasteiger partial charge is 0.254 e. The van der Waals surface area contributed by atoms with Crippen LogP contribution in [-0.4, -0.2) is 37.2 Å². The van der Waals surface area contributed by atoms with Crippen LogP contribution in [0.25, 0.3) is 0 Å². The molecule has 0 saturated heterocycles. The summed E-state index contributed by atoms with van der Waals surface area (Å²) in [7, 11) is 0. The third-order valence-electron chi connectivity index (χ3n) is 5.72. The molecule has 2 aliphatic rings. The normalized spacial score (nSPS) is 13.9. The number of amides is 1. The number of carbonyl (C=O) groups is 1. The molecule has 3 aromatic rings. The first kappa shape index (κ1) is 19.5. The third kappa shape index (κ3) is 4.36. The van der Waals surface area contributed by atoms with Crippen molar-refractivity contribution >= 4 is 5.91 Å². The standard InChI is InChI=1S/C26H25NO4/c28-26(22-7-9-23-21(17-22)11-13-29-23)27(12-10-19-4-2-1-3-5-19)18-20-6-8-24-25(16-20)31-15-14-30-24/h1-9,16-17H,10-15,18H2. The maximum atomic E-state index is 13.5. The fourth-order valence-corrected chi connectivity index (χ4v) is 4.07. The maximum absolute atomic E-state index is 13.5. The van der Waals surface area contributed by atoms with Gasteiger partial charge in [0.25, 0.3) is 5.91 Å². The van der Waals surface area contributed by atoms with Crippen LogP contribution in [0, 0.1) is 0 Å². The van der Waals surface area contributed by atoms with E-state index in [0.29, 0.717) is 38.5 Å². The number of nitrogens with zero attached hydrogens (tertiary/aromatic N) is 1. The van der Waals surface area contributed by atoms with Crippen LogP contribution in [0.2, 0.25) is 0 Å². The molecule has 3 aromatic carbocycles. The molecule has 31 heavy (non-hydrogen) atoms. The van der Waals surface area contributed by atoms with Crippen LogP contribution < -0.4 is 14.2 Å². The molecule has 2 heterocycles. The summed E-state index contributed by atoms with van der Waals surface area (Å²) in [5, 5.41) is 0. The van der Waals surface area contributed by atoms with Crippen molar-refractivity contribution in [1.29, 1.82) is 0 Å². The van der Waals surface area contributed by atoms with E-state index in [-0.39, 0.29) is 5.91 Å². The average Bonchev–Trinajstić information content (AvgIpc) is 3.30. The molecular formula is C26H25NO4. The van der Waals surface area contributed by atoms with Crippen LogP contribution in [0.1, 0.15) is 27.0 Å². The van der Waals surface area contributed by atoms with Crippen molar-refractivity contribution in [3.63, 3.8) is 0 Å². The van der Waals surface area contributed by atoms with Crippen LogP contribution >= 0.6 is 0 Å². The van der Waals surface area contributed by atoms with Crippen LogP contribution in [0.4, 0.5) is 0 Å². The first-order valence-corrected chi connectivity index (χ1v) is 10.7. The number of benzene rings is 3. The minimum atomic E-state index is 0.0283. The molecule has 0 saturated carbocycles. The number of ether oxygens (including phenoxy) is 3. The van der Waals surface area contributed by atoms with E-state index in [9.17, 15) is 4.79 Å². The van der Waals surface area contributed by atoms with Gasteiger partial charge in [0, 0.05) is 25.1 Å². The zero-order chi connectivity index (χ0) is 21.0. The molecule has 2 aliphatic heterocycles.